The third-order valence-corrected chi connectivity index (χ3v) is 3.54. The van der Waals surface area contributed by atoms with Crippen molar-refractivity contribution in [3.05, 3.63) is 29.8 Å². The number of hydrogen-bond acceptors (Lipinski definition) is 3. The van der Waals surface area contributed by atoms with Crippen molar-refractivity contribution < 1.29 is 0 Å². The van der Waals surface area contributed by atoms with Crippen molar-refractivity contribution in [3.8, 4) is 0 Å². The van der Waals surface area contributed by atoms with Gasteiger partial charge in [-0.05, 0) is 31.7 Å². The predicted octanol–water partition coefficient (Wildman–Crippen LogP) is 2.43. The Morgan fingerprint density at radius 3 is 2.12 bits per heavy atom. The van der Waals surface area contributed by atoms with Gasteiger partial charge in [-0.3, -0.25) is 0 Å². The second-order valence-electron chi connectivity index (χ2n) is 4.56. The lowest BCUT2D eigenvalue weighted by molar-refractivity contribution is 0.313. The molecule has 2 nitrogen and oxygen atoms in total. The summed E-state index contributed by atoms with van der Waals surface area (Å²) < 4.78 is 0. The quantitative estimate of drug-likeness (QED) is 0.788. The van der Waals surface area contributed by atoms with Crippen LogP contribution in [0.25, 0.3) is 0 Å². The van der Waals surface area contributed by atoms with E-state index in [9.17, 15) is 0 Å². The van der Waals surface area contributed by atoms with E-state index >= 15 is 0 Å². The molecule has 0 bridgehead atoms. The zero-order valence-corrected chi connectivity index (χ0v) is 11.0. The van der Waals surface area contributed by atoms with E-state index in [0.29, 0.717) is 5.25 Å². The Morgan fingerprint density at radius 2 is 1.62 bits per heavy atom. The molecule has 0 spiro atoms. The van der Waals surface area contributed by atoms with Crippen LogP contribution in [0.3, 0.4) is 0 Å². The van der Waals surface area contributed by atoms with Crippen molar-refractivity contribution in [1.82, 2.24) is 4.90 Å². The number of anilines is 1. The van der Waals surface area contributed by atoms with Gasteiger partial charge >= 0.3 is 0 Å². The van der Waals surface area contributed by atoms with E-state index in [4.69, 9.17) is 0 Å². The van der Waals surface area contributed by atoms with Crippen LogP contribution in [-0.4, -0.2) is 38.1 Å². The molecule has 0 saturated carbocycles. The summed E-state index contributed by atoms with van der Waals surface area (Å²) in [7, 11) is 2.18. The largest absolute Gasteiger partial charge is 0.369 e. The van der Waals surface area contributed by atoms with Crippen LogP contribution in [-0.2, 0) is 0 Å². The van der Waals surface area contributed by atoms with Gasteiger partial charge in [0.1, 0.15) is 0 Å². The fourth-order valence-corrected chi connectivity index (χ4v) is 2.20. The number of hydrogen-bond donors (Lipinski definition) is 1. The molecule has 16 heavy (non-hydrogen) atoms. The molecule has 0 N–H and O–H groups in total. The zero-order chi connectivity index (χ0) is 11.5. The molecule has 0 amide bonds. The van der Waals surface area contributed by atoms with Gasteiger partial charge in [-0.15, -0.1) is 0 Å². The summed E-state index contributed by atoms with van der Waals surface area (Å²) in [5, 5.41) is 0.321. The van der Waals surface area contributed by atoms with E-state index in [1.165, 1.54) is 11.3 Å². The predicted molar refractivity (Wildman–Crippen MR) is 73.6 cm³/mol. The first kappa shape index (κ1) is 11.8. The molecule has 0 radical (unpaired) electrons. The summed E-state index contributed by atoms with van der Waals surface area (Å²) in [5.41, 5.74) is 2.63. The van der Waals surface area contributed by atoms with Crippen molar-refractivity contribution >= 4 is 18.3 Å². The summed E-state index contributed by atoms with van der Waals surface area (Å²) in [6.45, 7) is 6.68. The molecule has 1 atom stereocenters. The monoisotopic (exact) mass is 236 g/mol. The number of benzene rings is 1. The average molecular weight is 236 g/mol. The summed E-state index contributed by atoms with van der Waals surface area (Å²) in [6, 6.07) is 8.80. The highest BCUT2D eigenvalue weighted by atomic mass is 32.1. The maximum atomic E-state index is 4.44. The van der Waals surface area contributed by atoms with Crippen LogP contribution in [0.5, 0.6) is 0 Å². The van der Waals surface area contributed by atoms with Crippen LogP contribution in [0.15, 0.2) is 24.3 Å². The third-order valence-electron chi connectivity index (χ3n) is 3.24. The van der Waals surface area contributed by atoms with Gasteiger partial charge in [0, 0.05) is 37.1 Å². The molecular formula is C13H20N2S. The topological polar surface area (TPSA) is 6.48 Å². The Balaban J connectivity index is 2.04. The summed E-state index contributed by atoms with van der Waals surface area (Å²) in [6.07, 6.45) is 0. The van der Waals surface area contributed by atoms with Gasteiger partial charge in [0.05, 0.1) is 0 Å². The van der Waals surface area contributed by atoms with Crippen LogP contribution in [0.2, 0.25) is 0 Å². The first-order valence-electron chi connectivity index (χ1n) is 5.88. The van der Waals surface area contributed by atoms with Crippen LogP contribution in [0.4, 0.5) is 5.69 Å². The van der Waals surface area contributed by atoms with Crippen molar-refractivity contribution in [3.63, 3.8) is 0 Å². The molecule has 88 valence electrons. The minimum Gasteiger partial charge on any atom is -0.369 e. The highest BCUT2D eigenvalue weighted by molar-refractivity contribution is 7.80. The summed E-state index contributed by atoms with van der Waals surface area (Å²) >= 11 is 4.44. The number of thiol groups is 1. The highest BCUT2D eigenvalue weighted by Crippen LogP contribution is 2.23. The maximum Gasteiger partial charge on any atom is 0.0367 e. The second kappa shape index (κ2) is 5.11. The van der Waals surface area contributed by atoms with Crippen molar-refractivity contribution in [2.75, 3.05) is 38.1 Å². The Labute approximate surface area is 104 Å². The van der Waals surface area contributed by atoms with Gasteiger partial charge in [-0.1, -0.05) is 12.1 Å². The van der Waals surface area contributed by atoms with Gasteiger partial charge in [0.25, 0.3) is 0 Å². The minimum atomic E-state index is 0.321. The molecule has 1 aliphatic heterocycles. The van der Waals surface area contributed by atoms with E-state index < -0.39 is 0 Å². The van der Waals surface area contributed by atoms with Gasteiger partial charge in [-0.25, -0.2) is 0 Å². The molecule has 1 aromatic carbocycles. The van der Waals surface area contributed by atoms with Gasteiger partial charge in [-0.2, -0.15) is 12.6 Å². The van der Waals surface area contributed by atoms with Crippen LogP contribution in [0, 0.1) is 0 Å². The summed E-state index contributed by atoms with van der Waals surface area (Å²) in [4.78, 5) is 4.83. The lowest BCUT2D eigenvalue weighted by atomic mass is 10.1. The number of nitrogens with zero attached hydrogens (tertiary/aromatic N) is 2. The zero-order valence-electron chi connectivity index (χ0n) is 10.1. The molecule has 1 aromatic rings. The van der Waals surface area contributed by atoms with Crippen molar-refractivity contribution in [2.45, 2.75) is 12.2 Å². The first-order valence-corrected chi connectivity index (χ1v) is 6.40. The van der Waals surface area contributed by atoms with E-state index in [1.807, 2.05) is 0 Å². The van der Waals surface area contributed by atoms with Gasteiger partial charge in [0.2, 0.25) is 0 Å². The molecule has 1 heterocycles. The molecule has 3 heteroatoms. The minimum absolute atomic E-state index is 0.321. The molecular weight excluding hydrogens is 216 g/mol. The number of rotatable bonds is 2. The Hall–Kier alpha value is -0.670. The first-order chi connectivity index (χ1) is 7.66. The van der Waals surface area contributed by atoms with Crippen LogP contribution in [0.1, 0.15) is 17.7 Å². The highest BCUT2D eigenvalue weighted by Gasteiger charge is 2.13. The lowest BCUT2D eigenvalue weighted by Gasteiger charge is -2.34. The van der Waals surface area contributed by atoms with Gasteiger partial charge < -0.3 is 9.80 Å². The maximum absolute atomic E-state index is 4.44. The average Bonchev–Trinajstić information content (AvgIpc) is 2.30. The molecule has 2 rings (SSSR count). The Kier molecular flexibility index (Phi) is 3.77. The fourth-order valence-electron chi connectivity index (χ4n) is 2.03. The molecule has 1 fully saturated rings. The van der Waals surface area contributed by atoms with Gasteiger partial charge in [0.15, 0.2) is 0 Å². The van der Waals surface area contributed by atoms with Crippen molar-refractivity contribution in [1.29, 1.82) is 0 Å². The fraction of sp³-hybridized carbons (Fsp3) is 0.538. The van der Waals surface area contributed by atoms with E-state index in [-0.39, 0.29) is 0 Å². The van der Waals surface area contributed by atoms with E-state index in [2.05, 4.69) is 60.7 Å². The lowest BCUT2D eigenvalue weighted by Crippen LogP contribution is -2.44. The number of likely N-dealkylation sites (N-methyl/N-ethyl adjacent to an activating group) is 1. The normalized spacial score (nSPS) is 19.8. The molecule has 1 saturated heterocycles. The van der Waals surface area contributed by atoms with E-state index in [1.54, 1.807) is 0 Å². The Bertz CT molecular complexity index is 326. The van der Waals surface area contributed by atoms with Crippen LogP contribution >= 0.6 is 12.6 Å². The smallest absolute Gasteiger partial charge is 0.0367 e. The van der Waals surface area contributed by atoms with Crippen molar-refractivity contribution in [2.24, 2.45) is 0 Å². The molecule has 0 aliphatic carbocycles. The van der Waals surface area contributed by atoms with Crippen LogP contribution < -0.4 is 4.90 Å². The molecule has 1 aliphatic rings. The Morgan fingerprint density at radius 1 is 1.06 bits per heavy atom. The second-order valence-corrected chi connectivity index (χ2v) is 5.33. The number of piperazine rings is 1. The SMILES string of the molecule is CC(S)c1ccc(N2CCN(C)CC2)cc1. The summed E-state index contributed by atoms with van der Waals surface area (Å²) in [5.74, 6) is 0. The standard InChI is InChI=1S/C13H20N2S/c1-11(16)12-3-5-13(6-4-12)15-9-7-14(2)8-10-15/h3-6,11,16H,7-10H2,1-2H3. The molecule has 0 aromatic heterocycles. The molecule has 1 unspecified atom stereocenters. The third kappa shape index (κ3) is 2.71. The van der Waals surface area contributed by atoms with E-state index in [0.717, 1.165) is 26.2 Å².